The van der Waals surface area contributed by atoms with Gasteiger partial charge < -0.3 is 14.6 Å². The van der Waals surface area contributed by atoms with E-state index in [1.54, 1.807) is 50.2 Å². The van der Waals surface area contributed by atoms with Gasteiger partial charge in [-0.3, -0.25) is 14.5 Å². The van der Waals surface area contributed by atoms with Crippen LogP contribution >= 0.6 is 11.3 Å². The number of aliphatic hydroxyl groups excluding tert-OH is 1. The average molecular weight is 507 g/mol. The highest BCUT2D eigenvalue weighted by molar-refractivity contribution is 7.17. The van der Waals surface area contributed by atoms with Crippen molar-refractivity contribution in [1.29, 1.82) is 0 Å². The molecule has 1 unspecified atom stereocenters. The molecule has 9 heteroatoms. The summed E-state index contributed by atoms with van der Waals surface area (Å²) in [5.74, 6) is -2.02. The van der Waals surface area contributed by atoms with Crippen molar-refractivity contribution in [1.82, 2.24) is 4.98 Å². The molecule has 1 saturated heterocycles. The Labute approximate surface area is 212 Å². The van der Waals surface area contributed by atoms with Crippen molar-refractivity contribution >= 4 is 39.9 Å². The van der Waals surface area contributed by atoms with E-state index in [2.05, 4.69) is 4.98 Å². The molecule has 0 saturated carbocycles. The van der Waals surface area contributed by atoms with E-state index in [9.17, 15) is 19.5 Å². The van der Waals surface area contributed by atoms with Crippen LogP contribution in [0, 0.1) is 13.8 Å². The number of carbonyl (C=O) groups excluding carboxylic acids is 3. The van der Waals surface area contributed by atoms with E-state index in [-0.39, 0.29) is 27.9 Å². The molecule has 0 aliphatic carbocycles. The fraction of sp³-hybridized carbons (Fsp3) is 0.259. The van der Waals surface area contributed by atoms with Gasteiger partial charge in [-0.25, -0.2) is 9.78 Å². The fourth-order valence-electron chi connectivity index (χ4n) is 4.02. The van der Waals surface area contributed by atoms with E-state index in [1.165, 1.54) is 4.90 Å². The van der Waals surface area contributed by atoms with Gasteiger partial charge in [0.2, 0.25) is 0 Å². The van der Waals surface area contributed by atoms with Gasteiger partial charge in [0.15, 0.2) is 5.13 Å². The number of nitrogens with zero attached hydrogens (tertiary/aromatic N) is 2. The molecule has 2 aromatic carbocycles. The maximum Gasteiger partial charge on any atom is 0.350 e. The molecule has 8 nitrogen and oxygen atoms in total. The van der Waals surface area contributed by atoms with E-state index < -0.39 is 23.7 Å². The number of esters is 1. The number of hydrogen-bond donors (Lipinski definition) is 1. The molecule has 1 aromatic heterocycles. The normalized spacial score (nSPS) is 16.9. The zero-order chi connectivity index (χ0) is 26.0. The summed E-state index contributed by atoms with van der Waals surface area (Å²) in [5, 5.41) is 11.5. The first-order chi connectivity index (χ1) is 17.3. The standard InChI is InChI=1S/C27H26N2O6S/c1-5-34-19-9-7-8-18(14-19)22(30)20-21(17-12-10-15(3)11-13-17)29(25(32)23(20)31)27-28-16(4)24(36-27)26(33)35-6-2/h7-14,21,30H,5-6H2,1-4H3/b22-20+. The number of hydrogen-bond acceptors (Lipinski definition) is 8. The number of thiazole rings is 1. The minimum absolute atomic E-state index is 0.0666. The Balaban J connectivity index is 1.89. The lowest BCUT2D eigenvalue weighted by Crippen LogP contribution is -2.29. The Morgan fingerprint density at radius 3 is 2.47 bits per heavy atom. The number of carbonyl (C=O) groups is 3. The Kier molecular flexibility index (Phi) is 7.21. The number of aryl methyl sites for hydroxylation is 2. The van der Waals surface area contributed by atoms with Gasteiger partial charge in [-0.1, -0.05) is 53.3 Å². The summed E-state index contributed by atoms with van der Waals surface area (Å²) in [6.07, 6.45) is 0. The van der Waals surface area contributed by atoms with Crippen LogP contribution in [0.1, 0.15) is 51.9 Å². The van der Waals surface area contributed by atoms with E-state index in [0.29, 0.717) is 29.2 Å². The van der Waals surface area contributed by atoms with Gasteiger partial charge in [0.05, 0.1) is 30.5 Å². The summed E-state index contributed by atoms with van der Waals surface area (Å²) >= 11 is 0.974. The topological polar surface area (TPSA) is 106 Å². The second-order valence-electron chi connectivity index (χ2n) is 8.17. The molecular weight excluding hydrogens is 480 g/mol. The van der Waals surface area contributed by atoms with Crippen molar-refractivity contribution in [3.05, 3.63) is 81.4 Å². The predicted octanol–water partition coefficient (Wildman–Crippen LogP) is 4.96. The van der Waals surface area contributed by atoms with Crippen LogP contribution in [0.2, 0.25) is 0 Å². The van der Waals surface area contributed by atoms with E-state index in [0.717, 1.165) is 16.9 Å². The maximum absolute atomic E-state index is 13.3. The zero-order valence-electron chi connectivity index (χ0n) is 20.4. The van der Waals surface area contributed by atoms with Gasteiger partial charge in [-0.05, 0) is 45.4 Å². The van der Waals surface area contributed by atoms with Crippen LogP contribution in [0.4, 0.5) is 5.13 Å². The second-order valence-corrected chi connectivity index (χ2v) is 9.15. The Morgan fingerprint density at radius 1 is 1.08 bits per heavy atom. The van der Waals surface area contributed by atoms with Gasteiger partial charge in [0, 0.05) is 5.56 Å². The smallest absolute Gasteiger partial charge is 0.350 e. The molecule has 1 amide bonds. The molecule has 36 heavy (non-hydrogen) atoms. The molecule has 2 heterocycles. The third-order valence-corrected chi connectivity index (χ3v) is 6.84. The number of aliphatic hydroxyl groups is 1. The zero-order valence-corrected chi connectivity index (χ0v) is 21.2. The lowest BCUT2D eigenvalue weighted by atomic mass is 9.95. The van der Waals surface area contributed by atoms with Crippen molar-refractivity contribution < 1.29 is 29.0 Å². The highest BCUT2D eigenvalue weighted by Crippen LogP contribution is 2.44. The fourth-order valence-corrected chi connectivity index (χ4v) is 5.01. The number of Topliss-reactive ketones (excluding diaryl/α,β-unsaturated/α-hetero) is 1. The largest absolute Gasteiger partial charge is 0.507 e. The molecule has 1 atom stereocenters. The number of ether oxygens (including phenoxy) is 2. The van der Waals surface area contributed by atoms with Gasteiger partial charge in [0.25, 0.3) is 5.78 Å². The first-order valence-electron chi connectivity index (χ1n) is 11.5. The lowest BCUT2D eigenvalue weighted by molar-refractivity contribution is -0.132. The third-order valence-electron chi connectivity index (χ3n) is 5.71. The van der Waals surface area contributed by atoms with Gasteiger partial charge >= 0.3 is 11.9 Å². The molecule has 4 rings (SSSR count). The number of aromatic nitrogens is 1. The summed E-state index contributed by atoms with van der Waals surface area (Å²) in [7, 11) is 0. The SMILES string of the molecule is CCOC(=O)c1sc(N2C(=O)C(=O)/C(=C(/O)c3cccc(OCC)c3)C2c2ccc(C)cc2)nc1C. The summed E-state index contributed by atoms with van der Waals surface area (Å²) in [4.78, 5) is 45.0. The minimum Gasteiger partial charge on any atom is -0.507 e. The molecule has 1 N–H and O–H groups in total. The summed E-state index contributed by atoms with van der Waals surface area (Å²) in [6, 6.07) is 13.1. The van der Waals surface area contributed by atoms with Crippen molar-refractivity contribution in [2.45, 2.75) is 33.7 Å². The Bertz CT molecular complexity index is 1360. The van der Waals surface area contributed by atoms with Gasteiger partial charge in [-0.15, -0.1) is 0 Å². The summed E-state index contributed by atoms with van der Waals surface area (Å²) in [6.45, 7) is 7.74. The van der Waals surface area contributed by atoms with Crippen LogP contribution in [0.3, 0.4) is 0 Å². The van der Waals surface area contributed by atoms with Crippen LogP contribution in [0.25, 0.3) is 5.76 Å². The molecule has 0 radical (unpaired) electrons. The third kappa shape index (κ3) is 4.61. The monoisotopic (exact) mass is 506 g/mol. The molecular formula is C27H26N2O6S. The van der Waals surface area contributed by atoms with E-state index in [4.69, 9.17) is 9.47 Å². The summed E-state index contributed by atoms with van der Waals surface area (Å²) in [5.41, 5.74) is 2.28. The quantitative estimate of drug-likeness (QED) is 0.209. The first kappa shape index (κ1) is 25.1. The number of ketones is 1. The Hall–Kier alpha value is -3.98. The van der Waals surface area contributed by atoms with E-state index in [1.807, 2.05) is 26.0 Å². The number of benzene rings is 2. The average Bonchev–Trinajstić information content (AvgIpc) is 3.36. The Morgan fingerprint density at radius 2 is 1.81 bits per heavy atom. The van der Waals surface area contributed by atoms with Crippen LogP contribution < -0.4 is 9.64 Å². The second kappa shape index (κ2) is 10.3. The maximum atomic E-state index is 13.3. The molecule has 0 bridgehead atoms. The number of anilines is 1. The van der Waals surface area contributed by atoms with Crippen LogP contribution in [0.5, 0.6) is 5.75 Å². The van der Waals surface area contributed by atoms with Crippen LogP contribution in [-0.2, 0) is 14.3 Å². The minimum atomic E-state index is -0.943. The van der Waals surface area contributed by atoms with Crippen molar-refractivity contribution in [2.75, 3.05) is 18.1 Å². The van der Waals surface area contributed by atoms with Gasteiger partial charge in [0.1, 0.15) is 16.4 Å². The molecule has 1 fully saturated rings. The molecule has 186 valence electrons. The van der Waals surface area contributed by atoms with Crippen LogP contribution in [0.15, 0.2) is 54.1 Å². The summed E-state index contributed by atoms with van der Waals surface area (Å²) < 4.78 is 10.6. The predicted molar refractivity (Wildman–Crippen MR) is 136 cm³/mol. The van der Waals surface area contributed by atoms with Gasteiger partial charge in [-0.2, -0.15) is 0 Å². The number of rotatable bonds is 7. The number of amides is 1. The highest BCUT2D eigenvalue weighted by atomic mass is 32.1. The molecule has 1 aliphatic rings. The van der Waals surface area contributed by atoms with E-state index >= 15 is 0 Å². The molecule has 0 spiro atoms. The van der Waals surface area contributed by atoms with Crippen LogP contribution in [-0.4, -0.2) is 41.0 Å². The lowest BCUT2D eigenvalue weighted by Gasteiger charge is -2.23. The van der Waals surface area contributed by atoms with Crippen molar-refractivity contribution in [2.24, 2.45) is 0 Å². The molecule has 1 aliphatic heterocycles. The molecule has 3 aromatic rings. The van der Waals surface area contributed by atoms with Crippen molar-refractivity contribution in [3.63, 3.8) is 0 Å². The van der Waals surface area contributed by atoms with Crippen molar-refractivity contribution in [3.8, 4) is 5.75 Å². The first-order valence-corrected chi connectivity index (χ1v) is 12.3. The highest BCUT2D eigenvalue weighted by Gasteiger charge is 2.48.